The van der Waals surface area contributed by atoms with E-state index in [1.54, 1.807) is 0 Å². The van der Waals surface area contributed by atoms with Gasteiger partial charge in [0.2, 0.25) is 6.29 Å². The van der Waals surface area contributed by atoms with Gasteiger partial charge in [0, 0.05) is 5.41 Å². The Labute approximate surface area is 662 Å². The molecule has 8 saturated heterocycles. The summed E-state index contributed by atoms with van der Waals surface area (Å²) in [5.41, 5.74) is -1.97. The highest BCUT2D eigenvalue weighted by molar-refractivity contribution is 5.79. The van der Waals surface area contributed by atoms with Crippen molar-refractivity contribution in [2.75, 3.05) is 46.2 Å². The number of ether oxygens (including phenoxy) is 16. The van der Waals surface area contributed by atoms with E-state index in [-0.39, 0.29) is 41.1 Å². The van der Waals surface area contributed by atoms with E-state index in [1.165, 1.54) is 13.8 Å². The number of fused-ring (bicyclic) bond motifs is 7. The Kier molecular flexibility index (Phi) is 27.8. The maximum absolute atomic E-state index is 15.2. The normalized spacial score (nSPS) is 54.8. The second kappa shape index (κ2) is 35.4. The molecule has 0 spiro atoms. The van der Waals surface area contributed by atoms with Crippen molar-refractivity contribution in [2.24, 2.45) is 50.7 Å². The molecule has 40 nitrogen and oxygen atoms in total. The molecule has 662 valence electrons. The molecule has 5 aliphatic carbocycles. The fourth-order valence-electron chi connectivity index (χ4n) is 21.3. The minimum Gasteiger partial charge on any atom is -0.432 e. The maximum atomic E-state index is 15.2. The van der Waals surface area contributed by atoms with Crippen LogP contribution in [-0.2, 0) is 80.6 Å². The van der Waals surface area contributed by atoms with Crippen molar-refractivity contribution >= 4 is 5.97 Å². The van der Waals surface area contributed by atoms with Gasteiger partial charge in [-0.2, -0.15) is 0 Å². The van der Waals surface area contributed by atoms with E-state index in [9.17, 15) is 117 Å². The first kappa shape index (κ1) is 90.4. The highest BCUT2D eigenvalue weighted by Crippen LogP contribution is 2.73. The molecule has 40 heteroatoms. The number of carbonyl (C=O) groups excluding carboxylic acids is 1. The van der Waals surface area contributed by atoms with Gasteiger partial charge in [-0.3, -0.25) is 4.79 Å². The first-order chi connectivity index (χ1) is 54.2. The summed E-state index contributed by atoms with van der Waals surface area (Å²) in [7, 11) is 0. The van der Waals surface area contributed by atoms with Crippen LogP contribution in [0.3, 0.4) is 0 Å². The molecule has 115 heavy (non-hydrogen) atoms. The maximum Gasteiger partial charge on any atom is 0.315 e. The summed E-state index contributed by atoms with van der Waals surface area (Å²) >= 11 is 0. The lowest BCUT2D eigenvalue weighted by molar-refractivity contribution is -0.406. The van der Waals surface area contributed by atoms with Gasteiger partial charge in [0.25, 0.3) is 0 Å². The summed E-state index contributed by atoms with van der Waals surface area (Å²) in [4.78, 5) is 15.2. The van der Waals surface area contributed by atoms with Gasteiger partial charge in [-0.05, 0) is 118 Å². The summed E-state index contributed by atoms with van der Waals surface area (Å²) in [6.07, 6.45) is -61.2. The zero-order valence-electron chi connectivity index (χ0n) is 65.2. The van der Waals surface area contributed by atoms with Crippen LogP contribution in [0.4, 0.5) is 0 Å². The molecular formula is C75H122O40. The topological polar surface area (TPSA) is 630 Å². The quantitative estimate of drug-likeness (QED) is 0.0288. The lowest BCUT2D eigenvalue weighted by Crippen LogP contribution is -2.69. The van der Waals surface area contributed by atoms with Crippen molar-refractivity contribution in [3.8, 4) is 0 Å². The predicted octanol–water partition coefficient (Wildman–Crippen LogP) is -8.82. The second-order valence-electron chi connectivity index (χ2n) is 35.8. The second-order valence-corrected chi connectivity index (χ2v) is 35.8. The van der Waals surface area contributed by atoms with E-state index in [1.807, 2.05) is 6.92 Å². The standard InChI is InChI=1S/C75H122O40/c1-26-40(82)46(88)52(94)64(103-26)113-60-56(98)68(107-35(21-78)58(60)111-65-54(96)49(91)57(34(20-77)106-65)110-63-50(92)42(84)31(80)22-100-63)112-59-41(83)27(2)104-67(55(59)97)114-61-43(85)32(81)23-101-69(61)109-39-12-14-73(6)37-9-8-28-29(72(37,5)13-11-38(73)74(39,7)25-79)10-15-75(17-16-71(3,4)18-30(28)75)70(99)115-66-53(95)48(90)45(87)36(108-66)24-102-62-51(93)47(89)44(86)33(19-76)105-62/h8,26-27,29-69,76-98H,9-25H2,1-7H3/t26-,27-,29+,30-,31+,32-,33+,34+,35+,36+,37-,38+,39-,40-,41-,42-,43-,44+,45+,46+,47-,48-,49+,50+,51+,52+,53+,54+,55+,56+,57+,58-,59+,60+,61+,62+,63-,64-,65-,66-,67-,68-,69-,72-,73+,74-,75+/m0/s1. The SMILES string of the molecule is C[C@@H]1O[C@@H](O[C@@H]2[C@@H](O)[C@H](O[C@@H]3[C@@H](O)[C@H](C)O[C@@H](O[C@H]4[C@H](O[C@H]5CC[C@@]6(C)[C@@H](CC[C@]7(C)[C@@H]6CC=C6[C@H]7CC[C@@]7(C(=O)O[C@@H]8O[C@H](CO[C@@H]9O[C@H](CO)[C@@H](O)[C@H](O)[C@H]9O)[C@@H](O)[C@H](O)[C@H]8O)CCC(C)(C)C[C@@H]67)[C@]5(C)CO)OC[C@H](O)[C@@H]4O)[C@@H]3O)O[C@H](CO)[C@@H]2O[C@@H]2O[C@H](CO)[C@@H](O[C@@H]3OC[C@@H](O)[C@H](O)[C@H]3O)[C@H](O)[C@H]2O)[C@H](O)[C@H](O)[C@H]1O. The van der Waals surface area contributed by atoms with Gasteiger partial charge in [-0.25, -0.2) is 0 Å². The molecule has 8 heterocycles. The minimum atomic E-state index is -2.25. The van der Waals surface area contributed by atoms with Crippen molar-refractivity contribution in [1.29, 1.82) is 0 Å². The molecule has 0 aromatic heterocycles. The van der Waals surface area contributed by atoms with Crippen LogP contribution in [0.2, 0.25) is 0 Å². The van der Waals surface area contributed by atoms with Crippen molar-refractivity contribution in [3.05, 3.63) is 11.6 Å². The molecule has 0 aromatic carbocycles. The summed E-state index contributed by atoms with van der Waals surface area (Å²) in [6.45, 7) is 8.74. The number of aliphatic hydroxyl groups excluding tert-OH is 23. The highest BCUT2D eigenvalue weighted by Gasteiger charge is 2.69. The fourth-order valence-corrected chi connectivity index (χ4v) is 21.3. The average molecular weight is 1660 g/mol. The van der Waals surface area contributed by atoms with Crippen LogP contribution in [-0.4, -0.2) is 409 Å². The molecule has 13 rings (SSSR count). The van der Waals surface area contributed by atoms with Gasteiger partial charge in [-0.1, -0.05) is 46.3 Å². The Bertz CT molecular complexity index is 3260. The Balaban J connectivity index is 0.690. The van der Waals surface area contributed by atoms with E-state index < -0.39 is 301 Å². The molecule has 13 aliphatic rings. The molecular weight excluding hydrogens is 1540 g/mol. The molecule has 8 aliphatic heterocycles. The van der Waals surface area contributed by atoms with Crippen molar-refractivity contribution in [3.63, 3.8) is 0 Å². The van der Waals surface area contributed by atoms with Crippen molar-refractivity contribution in [2.45, 2.75) is 352 Å². The summed E-state index contributed by atoms with van der Waals surface area (Å²) < 4.78 is 95.8. The molecule has 0 amide bonds. The van der Waals surface area contributed by atoms with E-state index in [4.69, 9.17) is 75.8 Å². The largest absolute Gasteiger partial charge is 0.432 e. The Morgan fingerprint density at radius 3 is 1.56 bits per heavy atom. The molecule has 0 bridgehead atoms. The van der Waals surface area contributed by atoms with Crippen LogP contribution in [0.5, 0.6) is 0 Å². The molecule has 0 unspecified atom stereocenters. The molecule has 0 radical (unpaired) electrons. The van der Waals surface area contributed by atoms with Gasteiger partial charge in [0.1, 0.15) is 171 Å². The van der Waals surface area contributed by atoms with Crippen molar-refractivity contribution in [1.82, 2.24) is 0 Å². The number of carbonyl (C=O) groups is 1. The predicted molar refractivity (Wildman–Crippen MR) is 375 cm³/mol. The summed E-state index contributed by atoms with van der Waals surface area (Å²) in [6, 6.07) is 0. The van der Waals surface area contributed by atoms with Crippen LogP contribution in [0, 0.1) is 50.7 Å². The van der Waals surface area contributed by atoms with E-state index >= 15 is 4.79 Å². The first-order valence-electron chi connectivity index (χ1n) is 40.2. The fraction of sp³-hybridized carbons (Fsp3) is 0.960. The van der Waals surface area contributed by atoms with Gasteiger partial charge in [0.15, 0.2) is 44.0 Å². The summed E-state index contributed by atoms with van der Waals surface area (Å²) in [5, 5.41) is 254. The van der Waals surface area contributed by atoms with E-state index in [0.29, 0.717) is 64.2 Å². The monoisotopic (exact) mass is 1660 g/mol. The van der Waals surface area contributed by atoms with Gasteiger partial charge in [0.05, 0.1) is 70.0 Å². The zero-order valence-corrected chi connectivity index (χ0v) is 65.2. The number of hydrogen-bond acceptors (Lipinski definition) is 40. The smallest absolute Gasteiger partial charge is 0.315 e. The van der Waals surface area contributed by atoms with Crippen LogP contribution < -0.4 is 0 Å². The third kappa shape index (κ3) is 16.6. The number of allylic oxidation sites excluding steroid dienone is 2. The number of rotatable bonds is 21. The average Bonchev–Trinajstić information content (AvgIpc) is 0.686. The Morgan fingerprint density at radius 2 is 0.896 bits per heavy atom. The van der Waals surface area contributed by atoms with E-state index in [2.05, 4.69) is 33.8 Å². The van der Waals surface area contributed by atoms with Crippen LogP contribution >= 0.6 is 0 Å². The van der Waals surface area contributed by atoms with Gasteiger partial charge >= 0.3 is 5.97 Å². The Morgan fingerprint density at radius 1 is 0.400 bits per heavy atom. The first-order valence-corrected chi connectivity index (χ1v) is 40.2. The molecule has 12 fully saturated rings. The van der Waals surface area contributed by atoms with Crippen LogP contribution in [0.15, 0.2) is 11.6 Å². The molecule has 4 saturated carbocycles. The molecule has 47 atom stereocenters. The third-order valence-corrected chi connectivity index (χ3v) is 28.3. The van der Waals surface area contributed by atoms with Crippen molar-refractivity contribution < 1.29 is 198 Å². The van der Waals surface area contributed by atoms with Crippen LogP contribution in [0.25, 0.3) is 0 Å². The lowest BCUT2D eigenvalue weighted by atomic mass is 9.37. The zero-order chi connectivity index (χ0) is 83.5. The highest BCUT2D eigenvalue weighted by atomic mass is 16.8. The third-order valence-electron chi connectivity index (χ3n) is 28.3. The number of hydrogen-bond donors (Lipinski definition) is 23. The van der Waals surface area contributed by atoms with E-state index in [0.717, 1.165) is 5.57 Å². The minimum absolute atomic E-state index is 0.00215. The molecule has 23 N–H and O–H groups in total. The number of esters is 1. The lowest BCUT2D eigenvalue weighted by Gasteiger charge is -2.68. The Hall–Kier alpha value is -2.31. The number of aliphatic hydroxyl groups is 23. The summed E-state index contributed by atoms with van der Waals surface area (Å²) in [5.74, 6) is -1.13. The van der Waals surface area contributed by atoms with Crippen LogP contribution in [0.1, 0.15) is 113 Å². The molecule has 0 aromatic rings. The van der Waals surface area contributed by atoms with Gasteiger partial charge in [-0.15, -0.1) is 0 Å². The van der Waals surface area contributed by atoms with Gasteiger partial charge < -0.3 is 193 Å².